The standard InChI is InChI=1S/C14H20F2O/c1-3-4-5-9-14(2,17)10-11-7-6-8-12(15)13(11)16/h6-8,17H,3-5,9-10H2,1-2H3. The van der Waals surface area contributed by atoms with Crippen LogP contribution >= 0.6 is 0 Å². The molecule has 1 rings (SSSR count). The second kappa shape index (κ2) is 6.10. The predicted molar refractivity (Wildman–Crippen MR) is 64.8 cm³/mol. The second-order valence-electron chi connectivity index (χ2n) is 4.84. The molecule has 1 aromatic carbocycles. The number of rotatable bonds is 6. The van der Waals surface area contributed by atoms with E-state index in [4.69, 9.17) is 0 Å². The number of hydrogen-bond donors (Lipinski definition) is 1. The maximum atomic E-state index is 13.4. The van der Waals surface area contributed by atoms with E-state index >= 15 is 0 Å². The quantitative estimate of drug-likeness (QED) is 0.751. The molecule has 0 amide bonds. The molecule has 96 valence electrons. The van der Waals surface area contributed by atoms with Crippen molar-refractivity contribution in [2.75, 3.05) is 0 Å². The summed E-state index contributed by atoms with van der Waals surface area (Å²) in [5.74, 6) is -1.70. The molecule has 0 bridgehead atoms. The zero-order chi connectivity index (χ0) is 12.9. The number of halogens is 2. The summed E-state index contributed by atoms with van der Waals surface area (Å²) in [5.41, 5.74) is -0.726. The first-order valence-corrected chi connectivity index (χ1v) is 6.11. The van der Waals surface area contributed by atoms with E-state index in [-0.39, 0.29) is 12.0 Å². The normalized spacial score (nSPS) is 14.6. The third-order valence-electron chi connectivity index (χ3n) is 2.92. The maximum absolute atomic E-state index is 13.4. The van der Waals surface area contributed by atoms with Crippen molar-refractivity contribution in [2.45, 2.75) is 51.6 Å². The lowest BCUT2D eigenvalue weighted by Crippen LogP contribution is -2.27. The molecule has 0 heterocycles. The monoisotopic (exact) mass is 242 g/mol. The number of hydrogen-bond acceptors (Lipinski definition) is 1. The van der Waals surface area contributed by atoms with Crippen molar-refractivity contribution in [1.29, 1.82) is 0 Å². The smallest absolute Gasteiger partial charge is 0.162 e. The Labute approximate surface area is 101 Å². The van der Waals surface area contributed by atoms with Crippen LogP contribution in [0.15, 0.2) is 18.2 Å². The molecule has 0 fully saturated rings. The molecule has 1 aromatic rings. The first kappa shape index (κ1) is 14.1. The van der Waals surface area contributed by atoms with Gasteiger partial charge in [-0.05, 0) is 25.0 Å². The predicted octanol–water partition coefficient (Wildman–Crippen LogP) is 3.84. The van der Waals surface area contributed by atoms with E-state index in [1.165, 1.54) is 12.1 Å². The highest BCUT2D eigenvalue weighted by Crippen LogP contribution is 2.22. The Morgan fingerprint density at radius 3 is 2.59 bits per heavy atom. The summed E-state index contributed by atoms with van der Waals surface area (Å²) in [6.45, 7) is 3.76. The van der Waals surface area contributed by atoms with E-state index < -0.39 is 17.2 Å². The Morgan fingerprint density at radius 1 is 1.24 bits per heavy atom. The Kier molecular flexibility index (Phi) is 5.06. The summed E-state index contributed by atoms with van der Waals surface area (Å²) in [6, 6.07) is 4.08. The molecule has 1 atom stereocenters. The van der Waals surface area contributed by atoms with Crippen LogP contribution in [-0.2, 0) is 6.42 Å². The fourth-order valence-electron chi connectivity index (χ4n) is 1.94. The maximum Gasteiger partial charge on any atom is 0.162 e. The molecule has 0 saturated heterocycles. The third kappa shape index (κ3) is 4.43. The Hall–Kier alpha value is -0.960. The van der Waals surface area contributed by atoms with Crippen LogP contribution in [-0.4, -0.2) is 10.7 Å². The third-order valence-corrected chi connectivity index (χ3v) is 2.92. The number of unbranched alkanes of at least 4 members (excludes halogenated alkanes) is 2. The van der Waals surface area contributed by atoms with E-state index in [9.17, 15) is 13.9 Å². The summed E-state index contributed by atoms with van der Waals surface area (Å²) < 4.78 is 26.4. The molecular formula is C14H20F2O. The zero-order valence-corrected chi connectivity index (χ0v) is 10.5. The fourth-order valence-corrected chi connectivity index (χ4v) is 1.94. The van der Waals surface area contributed by atoms with Gasteiger partial charge in [-0.1, -0.05) is 38.3 Å². The van der Waals surface area contributed by atoms with Gasteiger partial charge in [0, 0.05) is 6.42 Å². The van der Waals surface area contributed by atoms with Crippen molar-refractivity contribution < 1.29 is 13.9 Å². The van der Waals surface area contributed by atoms with Gasteiger partial charge < -0.3 is 5.11 Å². The van der Waals surface area contributed by atoms with E-state index in [2.05, 4.69) is 6.92 Å². The minimum atomic E-state index is -0.968. The van der Waals surface area contributed by atoms with Crippen LogP contribution < -0.4 is 0 Å². The Morgan fingerprint density at radius 2 is 1.94 bits per heavy atom. The largest absolute Gasteiger partial charge is 0.390 e. The average Bonchev–Trinajstić information content (AvgIpc) is 2.25. The van der Waals surface area contributed by atoms with Gasteiger partial charge in [0.05, 0.1) is 5.60 Å². The zero-order valence-electron chi connectivity index (χ0n) is 10.5. The average molecular weight is 242 g/mol. The summed E-state index contributed by atoms with van der Waals surface area (Å²) in [7, 11) is 0. The van der Waals surface area contributed by atoms with Crippen molar-refractivity contribution in [3.05, 3.63) is 35.4 Å². The first-order valence-electron chi connectivity index (χ1n) is 6.11. The molecule has 1 nitrogen and oxygen atoms in total. The molecule has 0 radical (unpaired) electrons. The summed E-state index contributed by atoms with van der Waals surface area (Å²) >= 11 is 0. The lowest BCUT2D eigenvalue weighted by Gasteiger charge is -2.23. The van der Waals surface area contributed by atoms with Gasteiger partial charge >= 0.3 is 0 Å². The van der Waals surface area contributed by atoms with E-state index in [0.717, 1.165) is 25.3 Å². The lowest BCUT2D eigenvalue weighted by atomic mass is 9.91. The lowest BCUT2D eigenvalue weighted by molar-refractivity contribution is 0.0476. The van der Waals surface area contributed by atoms with Crippen LogP contribution in [0.25, 0.3) is 0 Å². The van der Waals surface area contributed by atoms with Crippen LogP contribution in [0.5, 0.6) is 0 Å². The van der Waals surface area contributed by atoms with Crippen molar-refractivity contribution in [3.8, 4) is 0 Å². The Bertz CT molecular complexity index is 361. The van der Waals surface area contributed by atoms with Gasteiger partial charge in [0.25, 0.3) is 0 Å². The number of aliphatic hydroxyl groups is 1. The molecule has 0 aliphatic heterocycles. The van der Waals surface area contributed by atoms with Gasteiger partial charge in [0.1, 0.15) is 0 Å². The summed E-state index contributed by atoms with van der Waals surface area (Å²) in [4.78, 5) is 0. The van der Waals surface area contributed by atoms with Gasteiger partial charge in [0.15, 0.2) is 11.6 Å². The van der Waals surface area contributed by atoms with Crippen LogP contribution in [0.4, 0.5) is 8.78 Å². The van der Waals surface area contributed by atoms with Crippen LogP contribution in [0.2, 0.25) is 0 Å². The van der Waals surface area contributed by atoms with E-state index in [1.54, 1.807) is 6.92 Å². The minimum Gasteiger partial charge on any atom is -0.390 e. The molecule has 1 unspecified atom stereocenters. The fraction of sp³-hybridized carbons (Fsp3) is 0.571. The SMILES string of the molecule is CCCCCC(C)(O)Cc1cccc(F)c1F. The molecule has 0 saturated carbocycles. The first-order chi connectivity index (χ1) is 7.96. The molecular weight excluding hydrogens is 222 g/mol. The number of benzene rings is 1. The molecule has 17 heavy (non-hydrogen) atoms. The van der Waals surface area contributed by atoms with Gasteiger partial charge in [0.2, 0.25) is 0 Å². The van der Waals surface area contributed by atoms with Crippen molar-refractivity contribution in [2.24, 2.45) is 0 Å². The highest BCUT2D eigenvalue weighted by atomic mass is 19.2. The second-order valence-corrected chi connectivity index (χ2v) is 4.84. The van der Waals surface area contributed by atoms with Gasteiger partial charge in [-0.3, -0.25) is 0 Å². The van der Waals surface area contributed by atoms with Crippen molar-refractivity contribution >= 4 is 0 Å². The highest BCUT2D eigenvalue weighted by molar-refractivity contribution is 5.20. The van der Waals surface area contributed by atoms with Gasteiger partial charge in [-0.2, -0.15) is 0 Å². The van der Waals surface area contributed by atoms with Gasteiger partial charge in [-0.15, -0.1) is 0 Å². The molecule has 0 aliphatic carbocycles. The summed E-state index contributed by atoms with van der Waals surface area (Å²) in [6.07, 6.45) is 3.78. The molecule has 1 N–H and O–H groups in total. The molecule has 0 spiro atoms. The van der Waals surface area contributed by atoms with Crippen LogP contribution in [0.1, 0.15) is 45.1 Å². The minimum absolute atomic E-state index is 0.153. The molecule has 3 heteroatoms. The van der Waals surface area contributed by atoms with Crippen LogP contribution in [0, 0.1) is 11.6 Å². The topological polar surface area (TPSA) is 20.2 Å². The summed E-state index contributed by atoms with van der Waals surface area (Å²) in [5, 5.41) is 10.1. The van der Waals surface area contributed by atoms with E-state index in [1.807, 2.05) is 0 Å². The van der Waals surface area contributed by atoms with Crippen molar-refractivity contribution in [3.63, 3.8) is 0 Å². The van der Waals surface area contributed by atoms with Crippen LogP contribution in [0.3, 0.4) is 0 Å². The molecule has 0 aromatic heterocycles. The Balaban J connectivity index is 2.65. The van der Waals surface area contributed by atoms with Gasteiger partial charge in [-0.25, -0.2) is 8.78 Å². The van der Waals surface area contributed by atoms with Crippen molar-refractivity contribution in [1.82, 2.24) is 0 Å². The molecule has 0 aliphatic rings. The highest BCUT2D eigenvalue weighted by Gasteiger charge is 2.22. The van der Waals surface area contributed by atoms with E-state index in [0.29, 0.717) is 6.42 Å².